The van der Waals surface area contributed by atoms with Gasteiger partial charge in [0.1, 0.15) is 0 Å². The van der Waals surface area contributed by atoms with E-state index in [2.05, 4.69) is 39.4 Å². The number of benzene rings is 1. The first kappa shape index (κ1) is 12.3. The lowest BCUT2D eigenvalue weighted by Crippen LogP contribution is -2.36. The topological polar surface area (TPSA) is 38.0 Å². The molecule has 2 nitrogen and oxygen atoms in total. The predicted octanol–water partition coefficient (Wildman–Crippen LogP) is 2.24. The van der Waals surface area contributed by atoms with Gasteiger partial charge in [0, 0.05) is 16.9 Å². The maximum atomic E-state index is 5.47. The molecule has 3 heteroatoms. The van der Waals surface area contributed by atoms with Crippen molar-refractivity contribution in [2.45, 2.75) is 25.3 Å². The molecule has 0 aliphatic carbocycles. The van der Waals surface area contributed by atoms with E-state index >= 15 is 0 Å². The molecule has 0 heterocycles. The highest BCUT2D eigenvalue weighted by Crippen LogP contribution is 2.14. The lowest BCUT2D eigenvalue weighted by atomic mass is 10.0. The minimum absolute atomic E-state index is 0.246. The Labute approximate surface area is 99.3 Å². The molecule has 0 bridgehead atoms. The zero-order valence-corrected chi connectivity index (χ0v) is 10.1. The Morgan fingerprint density at radius 1 is 1.53 bits per heavy atom. The van der Waals surface area contributed by atoms with Crippen LogP contribution < -0.4 is 11.3 Å². The summed E-state index contributed by atoms with van der Waals surface area (Å²) >= 11 is 3.44. The summed E-state index contributed by atoms with van der Waals surface area (Å²) in [5.41, 5.74) is 4.05. The van der Waals surface area contributed by atoms with Crippen LogP contribution in [0.4, 0.5) is 0 Å². The largest absolute Gasteiger partial charge is 0.271 e. The normalized spacial score (nSPS) is 12.1. The summed E-state index contributed by atoms with van der Waals surface area (Å²) in [4.78, 5) is 0. The van der Waals surface area contributed by atoms with Gasteiger partial charge in [0.2, 0.25) is 0 Å². The third-order valence-electron chi connectivity index (χ3n) is 2.24. The number of terminal acetylenes is 1. The fourth-order valence-corrected chi connectivity index (χ4v) is 1.90. The highest BCUT2D eigenvalue weighted by atomic mass is 79.9. The van der Waals surface area contributed by atoms with Crippen LogP contribution in [0.5, 0.6) is 0 Å². The van der Waals surface area contributed by atoms with Crippen LogP contribution in [-0.2, 0) is 6.42 Å². The molecule has 0 aliphatic heterocycles. The summed E-state index contributed by atoms with van der Waals surface area (Å²) in [6, 6.07) is 8.46. The van der Waals surface area contributed by atoms with Crippen LogP contribution in [0.25, 0.3) is 0 Å². The number of hydrazine groups is 1. The van der Waals surface area contributed by atoms with Crippen molar-refractivity contribution in [3.63, 3.8) is 0 Å². The first-order chi connectivity index (χ1) is 7.26. The quantitative estimate of drug-likeness (QED) is 0.488. The van der Waals surface area contributed by atoms with Gasteiger partial charge in [-0.2, -0.15) is 0 Å². The molecule has 0 fully saturated rings. The summed E-state index contributed by atoms with van der Waals surface area (Å²) in [6.45, 7) is 0. The minimum atomic E-state index is 0.246. The molecule has 1 aromatic carbocycles. The van der Waals surface area contributed by atoms with Crippen LogP contribution in [-0.4, -0.2) is 6.04 Å². The highest BCUT2D eigenvalue weighted by Gasteiger charge is 2.06. The Hall–Kier alpha value is -0.820. The standard InChI is InChI=1S/C12H15BrN2/c1-2-3-7-12(15-14)9-10-5-4-6-11(13)8-10/h1,4-6,8,12,15H,3,7,9,14H2. The molecule has 1 rings (SSSR count). The molecule has 0 spiro atoms. The van der Waals surface area contributed by atoms with Gasteiger partial charge in [0.25, 0.3) is 0 Å². The molecular formula is C12H15BrN2. The number of hydrogen-bond donors (Lipinski definition) is 2. The third kappa shape index (κ3) is 4.48. The molecule has 0 radical (unpaired) electrons. The van der Waals surface area contributed by atoms with Gasteiger partial charge in [-0.25, -0.2) is 0 Å². The molecule has 0 aliphatic rings. The SMILES string of the molecule is C#CCCC(Cc1cccc(Br)c1)NN. The number of nitrogens with two attached hydrogens (primary N) is 1. The zero-order valence-electron chi connectivity index (χ0n) is 8.54. The molecule has 15 heavy (non-hydrogen) atoms. The molecule has 0 amide bonds. The monoisotopic (exact) mass is 266 g/mol. The van der Waals surface area contributed by atoms with Crippen LogP contribution in [0.15, 0.2) is 28.7 Å². The molecule has 0 saturated heterocycles. The summed E-state index contributed by atoms with van der Waals surface area (Å²) < 4.78 is 1.09. The van der Waals surface area contributed by atoms with Crippen LogP contribution in [0.2, 0.25) is 0 Å². The molecular weight excluding hydrogens is 252 g/mol. The van der Waals surface area contributed by atoms with Crippen molar-refractivity contribution in [3.8, 4) is 12.3 Å². The van der Waals surface area contributed by atoms with Gasteiger partial charge in [0.15, 0.2) is 0 Å². The smallest absolute Gasteiger partial charge is 0.0260 e. The van der Waals surface area contributed by atoms with E-state index in [0.717, 1.165) is 23.7 Å². The average molecular weight is 267 g/mol. The van der Waals surface area contributed by atoms with E-state index in [1.165, 1.54) is 5.56 Å². The highest BCUT2D eigenvalue weighted by molar-refractivity contribution is 9.10. The predicted molar refractivity (Wildman–Crippen MR) is 67.0 cm³/mol. The maximum absolute atomic E-state index is 5.47. The molecule has 80 valence electrons. The Morgan fingerprint density at radius 2 is 2.33 bits per heavy atom. The third-order valence-corrected chi connectivity index (χ3v) is 2.74. The van der Waals surface area contributed by atoms with E-state index < -0.39 is 0 Å². The molecule has 1 aromatic rings. The first-order valence-electron chi connectivity index (χ1n) is 4.90. The fraction of sp³-hybridized carbons (Fsp3) is 0.333. The van der Waals surface area contributed by atoms with E-state index in [0.29, 0.717) is 0 Å². The molecule has 0 saturated carbocycles. The van der Waals surface area contributed by atoms with Crippen LogP contribution >= 0.6 is 15.9 Å². The van der Waals surface area contributed by atoms with Crippen LogP contribution in [0.3, 0.4) is 0 Å². The van der Waals surface area contributed by atoms with Crippen molar-refractivity contribution >= 4 is 15.9 Å². The Balaban J connectivity index is 2.55. The van der Waals surface area contributed by atoms with Crippen LogP contribution in [0, 0.1) is 12.3 Å². The number of rotatable bonds is 5. The summed E-state index contributed by atoms with van der Waals surface area (Å²) in [6.07, 6.45) is 7.78. The van der Waals surface area contributed by atoms with Crippen molar-refractivity contribution < 1.29 is 0 Å². The van der Waals surface area contributed by atoms with E-state index in [-0.39, 0.29) is 6.04 Å². The summed E-state index contributed by atoms with van der Waals surface area (Å²) in [5.74, 6) is 8.09. The Kier molecular flexibility index (Phi) is 5.41. The van der Waals surface area contributed by atoms with Gasteiger partial charge >= 0.3 is 0 Å². The van der Waals surface area contributed by atoms with E-state index in [1.807, 2.05) is 12.1 Å². The first-order valence-corrected chi connectivity index (χ1v) is 5.69. The summed E-state index contributed by atoms with van der Waals surface area (Å²) in [5, 5.41) is 0. The van der Waals surface area contributed by atoms with E-state index in [9.17, 15) is 0 Å². The molecule has 1 unspecified atom stereocenters. The number of hydrogen-bond acceptors (Lipinski definition) is 2. The van der Waals surface area contributed by atoms with Gasteiger partial charge < -0.3 is 0 Å². The van der Waals surface area contributed by atoms with Crippen molar-refractivity contribution in [3.05, 3.63) is 34.3 Å². The second-order valence-electron chi connectivity index (χ2n) is 3.44. The molecule has 3 N–H and O–H groups in total. The minimum Gasteiger partial charge on any atom is -0.271 e. The van der Waals surface area contributed by atoms with Crippen LogP contribution in [0.1, 0.15) is 18.4 Å². The van der Waals surface area contributed by atoms with Crippen molar-refractivity contribution in [1.29, 1.82) is 0 Å². The van der Waals surface area contributed by atoms with E-state index in [4.69, 9.17) is 12.3 Å². The average Bonchev–Trinajstić information content (AvgIpc) is 2.24. The molecule has 1 atom stereocenters. The van der Waals surface area contributed by atoms with Crippen molar-refractivity contribution in [1.82, 2.24) is 5.43 Å². The Bertz CT molecular complexity index is 344. The summed E-state index contributed by atoms with van der Waals surface area (Å²) in [7, 11) is 0. The van der Waals surface area contributed by atoms with Crippen molar-refractivity contribution in [2.24, 2.45) is 5.84 Å². The maximum Gasteiger partial charge on any atom is 0.0260 e. The number of halogens is 1. The Morgan fingerprint density at radius 3 is 2.93 bits per heavy atom. The van der Waals surface area contributed by atoms with Gasteiger partial charge in [-0.3, -0.25) is 11.3 Å². The fourth-order valence-electron chi connectivity index (χ4n) is 1.45. The van der Waals surface area contributed by atoms with Gasteiger partial charge in [-0.05, 0) is 30.5 Å². The number of nitrogens with one attached hydrogen (secondary N) is 1. The lowest BCUT2D eigenvalue weighted by molar-refractivity contribution is 0.498. The van der Waals surface area contributed by atoms with Crippen molar-refractivity contribution in [2.75, 3.05) is 0 Å². The van der Waals surface area contributed by atoms with E-state index in [1.54, 1.807) is 0 Å². The van der Waals surface area contributed by atoms with Gasteiger partial charge in [0.05, 0.1) is 0 Å². The lowest BCUT2D eigenvalue weighted by Gasteiger charge is -2.14. The van der Waals surface area contributed by atoms with Gasteiger partial charge in [-0.1, -0.05) is 28.1 Å². The second kappa shape index (κ2) is 6.62. The molecule has 0 aromatic heterocycles. The van der Waals surface area contributed by atoms with Gasteiger partial charge in [-0.15, -0.1) is 12.3 Å². The second-order valence-corrected chi connectivity index (χ2v) is 4.36. The zero-order chi connectivity index (χ0) is 11.1.